The molecule has 2 bridgehead atoms. The van der Waals surface area contributed by atoms with E-state index in [9.17, 15) is 9.18 Å². The van der Waals surface area contributed by atoms with Gasteiger partial charge in [0.05, 0.1) is 42.5 Å². The van der Waals surface area contributed by atoms with Crippen LogP contribution in [0.25, 0.3) is 11.3 Å². The molecule has 8 heteroatoms. The highest BCUT2D eigenvalue weighted by Gasteiger charge is 2.33. The van der Waals surface area contributed by atoms with Crippen molar-refractivity contribution in [3.05, 3.63) is 65.9 Å². The van der Waals surface area contributed by atoms with Gasteiger partial charge in [0.15, 0.2) is 11.6 Å². The maximum atomic E-state index is 14.4. The van der Waals surface area contributed by atoms with Gasteiger partial charge in [-0.3, -0.25) is 9.78 Å². The van der Waals surface area contributed by atoms with E-state index in [0.717, 1.165) is 24.1 Å². The molecule has 1 atom stereocenters. The lowest BCUT2D eigenvalue weighted by atomic mass is 9.93. The molecule has 0 spiro atoms. The topological polar surface area (TPSA) is 88.3 Å². The molecule has 164 valence electrons. The highest BCUT2D eigenvalue weighted by atomic mass is 19.1. The molecule has 2 aliphatic rings. The average molecular weight is 434 g/mol. The Morgan fingerprint density at radius 3 is 3.06 bits per heavy atom. The van der Waals surface area contributed by atoms with E-state index in [4.69, 9.17) is 9.47 Å². The van der Waals surface area contributed by atoms with Crippen molar-refractivity contribution in [2.45, 2.75) is 18.8 Å². The summed E-state index contributed by atoms with van der Waals surface area (Å²) < 4.78 is 25.6. The quantitative estimate of drug-likeness (QED) is 0.528. The summed E-state index contributed by atoms with van der Waals surface area (Å²) in [6.07, 6.45) is 9.10. The molecule has 2 aromatic heterocycles. The Hall–Kier alpha value is -3.81. The van der Waals surface area contributed by atoms with E-state index in [-0.39, 0.29) is 17.6 Å². The highest BCUT2D eigenvalue weighted by molar-refractivity contribution is 6.07. The van der Waals surface area contributed by atoms with Crippen molar-refractivity contribution in [3.63, 3.8) is 0 Å². The standard InChI is InChI=1S/C24H23FN4O3/c1-31-23-16(25)7-5-8-17(23)28-22-19-20-14(12-27-24(19)30)6-3-2-4-11-32-18-13-26-10-9-15(18)21(22)29-20/h2-3,5,7-10,13-14,28-29H,4,6,11-12H2,1H3,(H,27,30)/b3-2+. The molecule has 4 heterocycles. The first-order valence-corrected chi connectivity index (χ1v) is 10.5. The van der Waals surface area contributed by atoms with E-state index in [1.54, 1.807) is 24.5 Å². The van der Waals surface area contributed by atoms with E-state index in [1.807, 2.05) is 6.07 Å². The van der Waals surface area contributed by atoms with Gasteiger partial charge in [0.1, 0.15) is 5.75 Å². The number of amides is 1. The van der Waals surface area contributed by atoms with Crippen LogP contribution in [0.2, 0.25) is 0 Å². The number of methoxy groups -OCH3 is 1. The van der Waals surface area contributed by atoms with Gasteiger partial charge in [0.25, 0.3) is 5.91 Å². The Labute approximate surface area is 184 Å². The van der Waals surface area contributed by atoms with Gasteiger partial charge in [0.2, 0.25) is 0 Å². The van der Waals surface area contributed by atoms with E-state index in [0.29, 0.717) is 41.5 Å². The zero-order valence-electron chi connectivity index (χ0n) is 17.6. The molecule has 0 aliphatic carbocycles. The van der Waals surface area contributed by atoms with Gasteiger partial charge in [-0.15, -0.1) is 0 Å². The third kappa shape index (κ3) is 3.47. The Balaban J connectivity index is 1.74. The maximum Gasteiger partial charge on any atom is 0.255 e. The number of ether oxygens (including phenoxy) is 2. The minimum Gasteiger partial charge on any atom is -0.492 e. The molecule has 1 amide bonds. The molecule has 32 heavy (non-hydrogen) atoms. The number of fused-ring (bicyclic) bond motifs is 3. The van der Waals surface area contributed by atoms with Crippen LogP contribution in [0, 0.1) is 5.82 Å². The maximum absolute atomic E-state index is 14.4. The number of aromatic nitrogens is 2. The van der Waals surface area contributed by atoms with Crippen molar-refractivity contribution in [3.8, 4) is 22.8 Å². The van der Waals surface area contributed by atoms with Gasteiger partial charge in [-0.25, -0.2) is 4.39 Å². The fourth-order valence-electron chi connectivity index (χ4n) is 4.26. The van der Waals surface area contributed by atoms with Gasteiger partial charge in [0, 0.05) is 29.9 Å². The number of benzene rings is 1. The first kappa shape index (κ1) is 20.1. The second-order valence-corrected chi connectivity index (χ2v) is 7.73. The lowest BCUT2D eigenvalue weighted by Crippen LogP contribution is -2.34. The summed E-state index contributed by atoms with van der Waals surface area (Å²) in [6, 6.07) is 6.48. The number of aromatic amines is 1. The number of carbonyl (C=O) groups is 1. The molecular formula is C24H23FN4O3. The van der Waals surface area contributed by atoms with Crippen molar-refractivity contribution in [2.75, 3.05) is 25.6 Å². The lowest BCUT2D eigenvalue weighted by molar-refractivity contribution is 0.0941. The average Bonchev–Trinajstić information content (AvgIpc) is 3.17. The van der Waals surface area contributed by atoms with Crippen molar-refractivity contribution >= 4 is 17.3 Å². The number of carbonyl (C=O) groups excluding carboxylic acids is 1. The largest absolute Gasteiger partial charge is 0.492 e. The van der Waals surface area contributed by atoms with Crippen LogP contribution >= 0.6 is 0 Å². The molecule has 0 saturated heterocycles. The van der Waals surface area contributed by atoms with Gasteiger partial charge >= 0.3 is 0 Å². The molecule has 5 rings (SSSR count). The Morgan fingerprint density at radius 2 is 2.19 bits per heavy atom. The number of halogens is 1. The number of rotatable bonds is 3. The number of para-hydroxylation sites is 1. The first-order chi connectivity index (χ1) is 15.7. The van der Waals surface area contributed by atoms with Crippen molar-refractivity contribution in [1.82, 2.24) is 15.3 Å². The second kappa shape index (κ2) is 8.37. The van der Waals surface area contributed by atoms with Gasteiger partial charge in [-0.05, 0) is 31.0 Å². The minimum absolute atomic E-state index is 0.0771. The van der Waals surface area contributed by atoms with Crippen LogP contribution in [0.4, 0.5) is 15.8 Å². The predicted octanol–water partition coefficient (Wildman–Crippen LogP) is 4.52. The van der Waals surface area contributed by atoms with Crippen molar-refractivity contribution in [2.24, 2.45) is 0 Å². The molecule has 1 aromatic carbocycles. The number of hydrogen-bond acceptors (Lipinski definition) is 5. The smallest absolute Gasteiger partial charge is 0.255 e. The number of nitrogens with zero attached hydrogens (tertiary/aromatic N) is 1. The Kier molecular flexibility index (Phi) is 5.26. The molecule has 3 N–H and O–H groups in total. The fraction of sp³-hybridized carbons (Fsp3) is 0.250. The molecule has 1 unspecified atom stereocenters. The Morgan fingerprint density at radius 1 is 1.28 bits per heavy atom. The zero-order chi connectivity index (χ0) is 22.1. The summed E-state index contributed by atoms with van der Waals surface area (Å²) in [5.41, 5.74) is 3.78. The number of pyridine rings is 1. The third-order valence-corrected chi connectivity index (χ3v) is 5.79. The summed E-state index contributed by atoms with van der Waals surface area (Å²) in [4.78, 5) is 20.7. The van der Waals surface area contributed by atoms with Crippen LogP contribution in [0.1, 0.15) is 34.8 Å². The number of allylic oxidation sites excluding steroid dienone is 1. The fourth-order valence-corrected chi connectivity index (χ4v) is 4.26. The second-order valence-electron chi connectivity index (χ2n) is 7.73. The SMILES string of the molecule is COc1c(F)cccc1Nc1c2[nH]c3c1C(=O)NCC3C/C=C/CCOc1cnccc1-2. The molecular weight excluding hydrogens is 411 g/mol. The summed E-state index contributed by atoms with van der Waals surface area (Å²) in [5, 5.41) is 6.26. The van der Waals surface area contributed by atoms with Crippen LogP contribution in [-0.2, 0) is 0 Å². The van der Waals surface area contributed by atoms with Crippen molar-refractivity contribution < 1.29 is 18.7 Å². The van der Waals surface area contributed by atoms with Gasteiger partial charge < -0.3 is 25.1 Å². The summed E-state index contributed by atoms with van der Waals surface area (Å²) in [7, 11) is 1.41. The highest BCUT2D eigenvalue weighted by Crippen LogP contribution is 2.44. The normalized spacial score (nSPS) is 18.3. The summed E-state index contributed by atoms with van der Waals surface area (Å²) >= 11 is 0. The predicted molar refractivity (Wildman–Crippen MR) is 119 cm³/mol. The number of anilines is 2. The molecule has 0 radical (unpaired) electrons. The van der Waals surface area contributed by atoms with E-state index >= 15 is 0 Å². The number of hydrogen-bond donors (Lipinski definition) is 3. The molecule has 0 fully saturated rings. The lowest BCUT2D eigenvalue weighted by Gasteiger charge is -2.23. The molecule has 2 aliphatic heterocycles. The van der Waals surface area contributed by atoms with Crippen LogP contribution in [-0.4, -0.2) is 36.1 Å². The number of nitrogens with one attached hydrogen (secondary N) is 3. The van der Waals surface area contributed by atoms with Crippen molar-refractivity contribution in [1.29, 1.82) is 0 Å². The summed E-state index contributed by atoms with van der Waals surface area (Å²) in [6.45, 7) is 1.05. The van der Waals surface area contributed by atoms with Crippen LogP contribution in [0.15, 0.2) is 48.8 Å². The monoisotopic (exact) mass is 434 g/mol. The minimum atomic E-state index is -0.491. The van der Waals surface area contributed by atoms with Gasteiger partial charge in [-0.2, -0.15) is 0 Å². The van der Waals surface area contributed by atoms with Crippen LogP contribution in [0.3, 0.4) is 0 Å². The van der Waals surface area contributed by atoms with E-state index in [1.165, 1.54) is 13.2 Å². The third-order valence-electron chi connectivity index (χ3n) is 5.79. The number of H-pyrrole nitrogens is 1. The van der Waals surface area contributed by atoms with Crippen LogP contribution in [0.5, 0.6) is 11.5 Å². The first-order valence-electron chi connectivity index (χ1n) is 10.5. The molecule has 0 saturated carbocycles. The van der Waals surface area contributed by atoms with Crippen LogP contribution < -0.4 is 20.1 Å². The summed E-state index contributed by atoms with van der Waals surface area (Å²) in [5.74, 6) is 0.0922. The van der Waals surface area contributed by atoms with E-state index in [2.05, 4.69) is 32.8 Å². The zero-order valence-corrected chi connectivity index (χ0v) is 17.6. The molecule has 3 aromatic rings. The Bertz CT molecular complexity index is 1200. The molecule has 7 nitrogen and oxygen atoms in total. The van der Waals surface area contributed by atoms with Gasteiger partial charge in [-0.1, -0.05) is 18.2 Å². The van der Waals surface area contributed by atoms with E-state index < -0.39 is 5.82 Å².